The summed E-state index contributed by atoms with van der Waals surface area (Å²) in [7, 11) is 1.34. The number of rotatable bonds is 4. The topological polar surface area (TPSA) is 62.1 Å². The minimum Gasteiger partial charge on any atom is -0.494 e. The van der Waals surface area contributed by atoms with Gasteiger partial charge in [0.2, 0.25) is 5.91 Å². The zero-order chi connectivity index (χ0) is 12.8. The van der Waals surface area contributed by atoms with Crippen LogP contribution in [0, 0.1) is 23.1 Å². The maximum Gasteiger partial charge on any atom is 0.241 e. The second-order valence-corrected chi connectivity index (χ2v) is 3.43. The summed E-state index contributed by atoms with van der Waals surface area (Å²) in [6, 6.07) is 5.88. The van der Waals surface area contributed by atoms with Crippen LogP contribution in [0.4, 0.5) is 10.1 Å². The molecule has 1 rings (SSSR count). The van der Waals surface area contributed by atoms with Crippen LogP contribution < -0.4 is 10.1 Å². The molecule has 0 aliphatic heterocycles. The van der Waals surface area contributed by atoms with Gasteiger partial charge in [-0.3, -0.25) is 4.79 Å². The van der Waals surface area contributed by atoms with Gasteiger partial charge in [-0.05, 0) is 18.6 Å². The Labute approximate surface area is 99.0 Å². The average Bonchev–Trinajstić information content (AvgIpc) is 2.33. The van der Waals surface area contributed by atoms with E-state index in [9.17, 15) is 9.18 Å². The van der Waals surface area contributed by atoms with Crippen molar-refractivity contribution in [1.29, 1.82) is 5.26 Å². The zero-order valence-corrected chi connectivity index (χ0v) is 9.66. The lowest BCUT2D eigenvalue weighted by molar-refractivity contribution is -0.118. The molecule has 0 aliphatic carbocycles. The number of nitrogens with one attached hydrogen (secondary N) is 1. The van der Waals surface area contributed by atoms with Gasteiger partial charge >= 0.3 is 0 Å². The number of nitrogens with zero attached hydrogens (tertiary/aromatic N) is 1. The first-order valence-corrected chi connectivity index (χ1v) is 5.16. The van der Waals surface area contributed by atoms with Crippen LogP contribution in [0.5, 0.6) is 5.75 Å². The predicted octanol–water partition coefficient (Wildman–Crippen LogP) is 2.32. The summed E-state index contributed by atoms with van der Waals surface area (Å²) in [5.74, 6) is -1.56. The van der Waals surface area contributed by atoms with E-state index >= 15 is 0 Å². The highest BCUT2D eigenvalue weighted by atomic mass is 19.1. The van der Waals surface area contributed by atoms with Gasteiger partial charge < -0.3 is 10.1 Å². The van der Waals surface area contributed by atoms with Crippen molar-refractivity contribution >= 4 is 11.6 Å². The van der Waals surface area contributed by atoms with E-state index in [1.54, 1.807) is 6.92 Å². The normalized spacial score (nSPS) is 11.4. The molecular formula is C12H13FN2O2. The number of anilines is 1. The van der Waals surface area contributed by atoms with E-state index in [0.717, 1.165) is 0 Å². The molecule has 1 unspecified atom stereocenters. The molecule has 90 valence electrons. The van der Waals surface area contributed by atoms with Gasteiger partial charge in [0.1, 0.15) is 5.92 Å². The average molecular weight is 236 g/mol. The number of methoxy groups -OCH3 is 1. The Hall–Kier alpha value is -2.09. The maximum atomic E-state index is 13.1. The van der Waals surface area contributed by atoms with E-state index in [0.29, 0.717) is 12.1 Å². The van der Waals surface area contributed by atoms with Gasteiger partial charge in [-0.2, -0.15) is 5.26 Å². The van der Waals surface area contributed by atoms with Crippen LogP contribution in [0.25, 0.3) is 0 Å². The summed E-state index contributed by atoms with van der Waals surface area (Å²) >= 11 is 0. The molecule has 0 aromatic heterocycles. The number of carbonyl (C=O) groups is 1. The molecule has 17 heavy (non-hydrogen) atoms. The zero-order valence-electron chi connectivity index (χ0n) is 9.66. The first-order valence-electron chi connectivity index (χ1n) is 5.16. The Morgan fingerprint density at radius 1 is 1.65 bits per heavy atom. The minimum absolute atomic E-state index is 0.0489. The summed E-state index contributed by atoms with van der Waals surface area (Å²) < 4.78 is 17.9. The summed E-state index contributed by atoms with van der Waals surface area (Å²) in [6.45, 7) is 1.75. The first kappa shape index (κ1) is 13.0. The summed E-state index contributed by atoms with van der Waals surface area (Å²) in [4.78, 5) is 11.6. The Bertz CT molecular complexity index is 454. The van der Waals surface area contributed by atoms with Gasteiger partial charge in [0.25, 0.3) is 0 Å². The molecule has 4 nitrogen and oxygen atoms in total. The molecule has 0 radical (unpaired) electrons. The van der Waals surface area contributed by atoms with Crippen molar-refractivity contribution in [2.45, 2.75) is 13.3 Å². The monoisotopic (exact) mass is 236 g/mol. The van der Waals surface area contributed by atoms with Gasteiger partial charge in [0.05, 0.1) is 13.2 Å². The molecule has 0 heterocycles. The first-order chi connectivity index (χ1) is 8.12. The quantitative estimate of drug-likeness (QED) is 0.872. The molecular weight excluding hydrogens is 223 g/mol. The Kier molecular flexibility index (Phi) is 4.46. The number of hydrogen-bond acceptors (Lipinski definition) is 3. The van der Waals surface area contributed by atoms with Gasteiger partial charge in [0.15, 0.2) is 11.6 Å². The standard InChI is InChI=1S/C12H13FN2O2/c1-3-8(7-14)12(16)15-9-4-5-10(13)11(6-9)17-2/h4-6,8H,3H2,1-2H3,(H,15,16). The Morgan fingerprint density at radius 2 is 2.35 bits per heavy atom. The third-order valence-corrected chi connectivity index (χ3v) is 2.30. The van der Waals surface area contributed by atoms with Crippen molar-refractivity contribution in [2.24, 2.45) is 5.92 Å². The highest BCUT2D eigenvalue weighted by molar-refractivity contribution is 5.94. The van der Waals surface area contributed by atoms with Crippen LogP contribution in [0.3, 0.4) is 0 Å². The van der Waals surface area contributed by atoms with E-state index in [-0.39, 0.29) is 5.75 Å². The van der Waals surface area contributed by atoms with Crippen LogP contribution in [-0.4, -0.2) is 13.0 Å². The fourth-order valence-corrected chi connectivity index (χ4v) is 1.30. The lowest BCUT2D eigenvalue weighted by Crippen LogP contribution is -2.20. The van der Waals surface area contributed by atoms with E-state index in [2.05, 4.69) is 5.32 Å². The number of carbonyl (C=O) groups excluding carboxylic acids is 1. The third kappa shape index (κ3) is 3.18. The lowest BCUT2D eigenvalue weighted by Gasteiger charge is -2.09. The number of amides is 1. The largest absolute Gasteiger partial charge is 0.494 e. The van der Waals surface area contributed by atoms with Crippen molar-refractivity contribution in [1.82, 2.24) is 0 Å². The molecule has 0 saturated carbocycles. The van der Waals surface area contributed by atoms with Gasteiger partial charge in [0, 0.05) is 11.8 Å². The van der Waals surface area contributed by atoms with Crippen molar-refractivity contribution in [3.63, 3.8) is 0 Å². The molecule has 1 aromatic rings. The van der Waals surface area contributed by atoms with Crippen LogP contribution in [0.2, 0.25) is 0 Å². The molecule has 0 fully saturated rings. The second-order valence-electron chi connectivity index (χ2n) is 3.43. The summed E-state index contributed by atoms with van der Waals surface area (Å²) in [6.07, 6.45) is 0.431. The minimum atomic E-state index is -0.703. The van der Waals surface area contributed by atoms with E-state index in [4.69, 9.17) is 10.00 Å². The molecule has 1 N–H and O–H groups in total. The van der Waals surface area contributed by atoms with Gasteiger partial charge in [-0.15, -0.1) is 0 Å². The number of nitriles is 1. The van der Waals surface area contributed by atoms with Gasteiger partial charge in [-0.25, -0.2) is 4.39 Å². The van der Waals surface area contributed by atoms with Crippen molar-refractivity contribution < 1.29 is 13.9 Å². The third-order valence-electron chi connectivity index (χ3n) is 2.30. The second kappa shape index (κ2) is 5.85. The molecule has 5 heteroatoms. The van der Waals surface area contributed by atoms with Crippen LogP contribution in [0.1, 0.15) is 13.3 Å². The number of benzene rings is 1. The SMILES string of the molecule is CCC(C#N)C(=O)Nc1ccc(F)c(OC)c1. The number of hydrogen-bond donors (Lipinski definition) is 1. The molecule has 1 aromatic carbocycles. The number of ether oxygens (including phenoxy) is 1. The Balaban J connectivity index is 2.82. The smallest absolute Gasteiger partial charge is 0.241 e. The lowest BCUT2D eigenvalue weighted by atomic mass is 10.1. The summed E-state index contributed by atoms with van der Waals surface area (Å²) in [5.41, 5.74) is 0.405. The predicted molar refractivity (Wildman–Crippen MR) is 61.0 cm³/mol. The van der Waals surface area contributed by atoms with Gasteiger partial charge in [-0.1, -0.05) is 6.92 Å². The molecule has 1 amide bonds. The molecule has 1 atom stereocenters. The van der Waals surface area contributed by atoms with Crippen LogP contribution >= 0.6 is 0 Å². The highest BCUT2D eigenvalue weighted by Crippen LogP contribution is 2.21. The number of halogens is 1. The van der Waals surface area contributed by atoms with Crippen molar-refractivity contribution in [3.05, 3.63) is 24.0 Å². The molecule has 0 spiro atoms. The molecule has 0 bridgehead atoms. The fraction of sp³-hybridized carbons (Fsp3) is 0.333. The fourth-order valence-electron chi connectivity index (χ4n) is 1.30. The van der Waals surface area contributed by atoms with E-state index in [1.165, 1.54) is 25.3 Å². The van der Waals surface area contributed by atoms with E-state index < -0.39 is 17.6 Å². The highest BCUT2D eigenvalue weighted by Gasteiger charge is 2.16. The summed E-state index contributed by atoms with van der Waals surface area (Å²) in [5, 5.41) is 11.3. The van der Waals surface area contributed by atoms with Crippen LogP contribution in [-0.2, 0) is 4.79 Å². The molecule has 0 aliphatic rings. The van der Waals surface area contributed by atoms with E-state index in [1.807, 2.05) is 6.07 Å². The van der Waals surface area contributed by atoms with Crippen molar-refractivity contribution in [3.8, 4) is 11.8 Å². The molecule has 0 saturated heterocycles. The van der Waals surface area contributed by atoms with Crippen LogP contribution in [0.15, 0.2) is 18.2 Å². The maximum absolute atomic E-state index is 13.1. The van der Waals surface area contributed by atoms with Crippen molar-refractivity contribution in [2.75, 3.05) is 12.4 Å². The Morgan fingerprint density at radius 3 is 2.88 bits per heavy atom.